The summed E-state index contributed by atoms with van der Waals surface area (Å²) in [7, 11) is 0. The quantitative estimate of drug-likeness (QED) is 0.579. The Balaban J connectivity index is 3.00. The first kappa shape index (κ1) is 13.4. The molecule has 0 saturated heterocycles. The average Bonchev–Trinajstić information content (AvgIpc) is 2.26. The number of hydrogen-bond donors (Lipinski definition) is 2. The molecule has 0 amide bonds. The molecule has 0 bridgehead atoms. The molecule has 0 aromatic heterocycles. The van der Waals surface area contributed by atoms with Crippen molar-refractivity contribution in [3.05, 3.63) is 11.3 Å². The van der Waals surface area contributed by atoms with E-state index in [-0.39, 0.29) is 23.7 Å². The normalized spacial score (nSPS) is 21.7. The van der Waals surface area contributed by atoms with Gasteiger partial charge in [0, 0.05) is 18.6 Å². The fourth-order valence-corrected chi connectivity index (χ4v) is 1.84. The third kappa shape index (κ3) is 3.69. The van der Waals surface area contributed by atoms with Gasteiger partial charge in [-0.2, -0.15) is 0 Å². The fraction of sp³-hybridized carbons (Fsp3) is 0.583. The summed E-state index contributed by atoms with van der Waals surface area (Å²) < 4.78 is 0. The van der Waals surface area contributed by atoms with E-state index in [0.29, 0.717) is 31.4 Å². The Morgan fingerprint density at radius 2 is 2.06 bits per heavy atom. The minimum atomic E-state index is -1.04. The standard InChI is InChI=1S/C12H17NO4/c1-2-4-9(14)12-8(13-7-11(16)17)5-3-6-10(12)15/h14H,2-7H2,1H3,(H,16,17). The van der Waals surface area contributed by atoms with E-state index in [1.165, 1.54) is 0 Å². The minimum Gasteiger partial charge on any atom is -0.511 e. The van der Waals surface area contributed by atoms with Gasteiger partial charge in [0.15, 0.2) is 5.78 Å². The number of Topliss-reactive ketones (excluding diaryl/α,β-unsaturated/α-hetero) is 1. The lowest BCUT2D eigenvalue weighted by molar-refractivity contribution is -0.135. The van der Waals surface area contributed by atoms with Gasteiger partial charge in [-0.15, -0.1) is 0 Å². The van der Waals surface area contributed by atoms with Crippen molar-refractivity contribution in [3.63, 3.8) is 0 Å². The van der Waals surface area contributed by atoms with Gasteiger partial charge < -0.3 is 10.2 Å². The molecule has 0 aliphatic heterocycles. The molecule has 2 N–H and O–H groups in total. The van der Waals surface area contributed by atoms with Crippen LogP contribution in [-0.4, -0.2) is 34.2 Å². The Bertz CT molecular complexity index is 382. The van der Waals surface area contributed by atoms with Gasteiger partial charge >= 0.3 is 5.97 Å². The predicted octanol–water partition coefficient (Wildman–Crippen LogP) is 1.88. The zero-order valence-electron chi connectivity index (χ0n) is 9.90. The maximum atomic E-state index is 11.7. The van der Waals surface area contributed by atoms with Gasteiger partial charge in [0.05, 0.1) is 5.57 Å². The number of carboxylic acids is 1. The maximum absolute atomic E-state index is 11.7. The molecule has 0 heterocycles. The van der Waals surface area contributed by atoms with Crippen molar-refractivity contribution in [3.8, 4) is 0 Å². The molecular weight excluding hydrogens is 222 g/mol. The van der Waals surface area contributed by atoms with Crippen LogP contribution >= 0.6 is 0 Å². The molecule has 0 spiro atoms. The molecular formula is C12H17NO4. The number of aliphatic imine (C=N–C) groups is 1. The molecule has 1 fully saturated rings. The first-order valence-electron chi connectivity index (χ1n) is 5.77. The van der Waals surface area contributed by atoms with Crippen molar-refractivity contribution in [1.29, 1.82) is 0 Å². The summed E-state index contributed by atoms with van der Waals surface area (Å²) in [6.07, 6.45) is 2.78. The summed E-state index contributed by atoms with van der Waals surface area (Å²) in [4.78, 5) is 26.1. The maximum Gasteiger partial charge on any atom is 0.325 e. The Kier molecular flexibility index (Phi) is 4.87. The van der Waals surface area contributed by atoms with Gasteiger partial charge in [-0.05, 0) is 19.3 Å². The molecule has 17 heavy (non-hydrogen) atoms. The molecule has 0 radical (unpaired) electrons. The van der Waals surface area contributed by atoms with Crippen LogP contribution in [0.5, 0.6) is 0 Å². The summed E-state index contributed by atoms with van der Waals surface area (Å²) in [5, 5.41) is 18.4. The topological polar surface area (TPSA) is 87.0 Å². The lowest BCUT2D eigenvalue weighted by Crippen LogP contribution is -2.22. The monoisotopic (exact) mass is 239 g/mol. The molecule has 94 valence electrons. The van der Waals surface area contributed by atoms with Crippen molar-refractivity contribution < 1.29 is 19.8 Å². The molecule has 5 heteroatoms. The second-order valence-electron chi connectivity index (χ2n) is 4.01. The van der Waals surface area contributed by atoms with E-state index in [1.54, 1.807) is 0 Å². The predicted molar refractivity (Wildman–Crippen MR) is 63.4 cm³/mol. The Hall–Kier alpha value is -1.65. The fourth-order valence-electron chi connectivity index (χ4n) is 1.84. The number of aliphatic hydroxyl groups excluding tert-OH is 1. The van der Waals surface area contributed by atoms with Gasteiger partial charge in [0.1, 0.15) is 12.3 Å². The van der Waals surface area contributed by atoms with E-state index in [2.05, 4.69) is 4.99 Å². The summed E-state index contributed by atoms with van der Waals surface area (Å²) in [6, 6.07) is 0. The first-order chi connectivity index (χ1) is 8.06. The highest BCUT2D eigenvalue weighted by Crippen LogP contribution is 2.22. The van der Waals surface area contributed by atoms with Crippen LogP contribution in [0, 0.1) is 0 Å². The van der Waals surface area contributed by atoms with E-state index in [0.717, 1.165) is 6.42 Å². The molecule has 1 rings (SSSR count). The number of allylic oxidation sites excluding steroid dienone is 2. The van der Waals surface area contributed by atoms with E-state index in [9.17, 15) is 14.7 Å². The second-order valence-corrected chi connectivity index (χ2v) is 4.01. The smallest absolute Gasteiger partial charge is 0.325 e. The van der Waals surface area contributed by atoms with Crippen molar-refractivity contribution >= 4 is 17.5 Å². The molecule has 0 atom stereocenters. The van der Waals surface area contributed by atoms with Crippen LogP contribution < -0.4 is 0 Å². The number of carbonyl (C=O) groups is 2. The summed E-state index contributed by atoms with van der Waals surface area (Å²) >= 11 is 0. The van der Waals surface area contributed by atoms with Crippen LogP contribution in [0.3, 0.4) is 0 Å². The van der Waals surface area contributed by atoms with Crippen molar-refractivity contribution in [2.45, 2.75) is 39.0 Å². The van der Waals surface area contributed by atoms with E-state index in [1.807, 2.05) is 6.92 Å². The SMILES string of the molecule is CCCC(O)=C1C(=O)CCCC1=NCC(=O)O. The van der Waals surface area contributed by atoms with Gasteiger partial charge in [-0.1, -0.05) is 6.92 Å². The zero-order chi connectivity index (χ0) is 12.8. The number of aliphatic carboxylic acids is 1. The molecule has 0 unspecified atom stereocenters. The van der Waals surface area contributed by atoms with E-state index < -0.39 is 5.97 Å². The van der Waals surface area contributed by atoms with Gasteiger partial charge in [0.2, 0.25) is 0 Å². The second kappa shape index (κ2) is 6.18. The van der Waals surface area contributed by atoms with Crippen LogP contribution in [-0.2, 0) is 9.59 Å². The highest BCUT2D eigenvalue weighted by molar-refractivity contribution is 6.24. The van der Waals surface area contributed by atoms with Crippen LogP contribution in [0.15, 0.2) is 16.3 Å². The zero-order valence-corrected chi connectivity index (χ0v) is 9.90. The summed E-state index contributed by atoms with van der Waals surface area (Å²) in [5.41, 5.74) is 0.689. The number of aliphatic hydroxyl groups is 1. The van der Waals surface area contributed by atoms with Gasteiger partial charge in [-0.3, -0.25) is 14.6 Å². The van der Waals surface area contributed by atoms with Gasteiger partial charge in [0.25, 0.3) is 0 Å². The number of ketones is 1. The average molecular weight is 239 g/mol. The molecule has 0 aromatic carbocycles. The Labute approximate surface area is 99.9 Å². The molecule has 5 nitrogen and oxygen atoms in total. The van der Waals surface area contributed by atoms with E-state index >= 15 is 0 Å². The van der Waals surface area contributed by atoms with Crippen molar-refractivity contribution in [1.82, 2.24) is 0 Å². The van der Waals surface area contributed by atoms with Crippen LogP contribution in [0.2, 0.25) is 0 Å². The Morgan fingerprint density at radius 3 is 2.65 bits per heavy atom. The number of rotatable bonds is 4. The number of carboxylic acid groups (broad SMARTS) is 1. The molecule has 0 aromatic rings. The number of hydrogen-bond acceptors (Lipinski definition) is 4. The minimum absolute atomic E-state index is 0.0429. The van der Waals surface area contributed by atoms with Crippen LogP contribution in [0.1, 0.15) is 39.0 Å². The van der Waals surface area contributed by atoms with Crippen LogP contribution in [0.25, 0.3) is 0 Å². The highest BCUT2D eigenvalue weighted by atomic mass is 16.4. The largest absolute Gasteiger partial charge is 0.511 e. The molecule has 1 aliphatic rings. The number of nitrogens with zero attached hydrogens (tertiary/aromatic N) is 1. The van der Waals surface area contributed by atoms with Crippen LogP contribution in [0.4, 0.5) is 0 Å². The lowest BCUT2D eigenvalue weighted by atomic mass is 9.89. The molecule has 1 saturated carbocycles. The van der Waals surface area contributed by atoms with Gasteiger partial charge in [-0.25, -0.2) is 0 Å². The highest BCUT2D eigenvalue weighted by Gasteiger charge is 2.25. The number of carbonyl (C=O) groups excluding carboxylic acids is 1. The lowest BCUT2D eigenvalue weighted by Gasteiger charge is -2.17. The summed E-state index contributed by atoms with van der Waals surface area (Å²) in [5.74, 6) is -1.13. The first-order valence-corrected chi connectivity index (χ1v) is 5.77. The van der Waals surface area contributed by atoms with E-state index in [4.69, 9.17) is 5.11 Å². The summed E-state index contributed by atoms with van der Waals surface area (Å²) in [6.45, 7) is 1.55. The third-order valence-electron chi connectivity index (χ3n) is 2.57. The van der Waals surface area contributed by atoms with Crippen molar-refractivity contribution in [2.24, 2.45) is 4.99 Å². The Morgan fingerprint density at radius 1 is 1.35 bits per heavy atom. The molecule has 1 aliphatic carbocycles. The third-order valence-corrected chi connectivity index (χ3v) is 2.57. The van der Waals surface area contributed by atoms with Crippen molar-refractivity contribution in [2.75, 3.05) is 6.54 Å².